The molecule has 0 fully saturated rings. The van der Waals surface area contributed by atoms with Crippen LogP contribution in [0.3, 0.4) is 0 Å². The number of halogens is 1. The lowest BCUT2D eigenvalue weighted by atomic mass is 10.1. The van der Waals surface area contributed by atoms with Gasteiger partial charge in [-0.15, -0.1) is 0 Å². The smallest absolute Gasteiger partial charge is 0.326 e. The Morgan fingerprint density at radius 2 is 2.00 bits per heavy atom. The monoisotopic (exact) mass is 360 g/mol. The largest absolute Gasteiger partial charge is 0.486 e. The van der Waals surface area contributed by atoms with Crippen molar-refractivity contribution in [1.82, 2.24) is 0 Å². The highest BCUT2D eigenvalue weighted by Crippen LogP contribution is 2.34. The molecule has 0 radical (unpaired) electrons. The molecule has 0 spiro atoms. The van der Waals surface area contributed by atoms with Crippen molar-refractivity contribution in [2.75, 3.05) is 16.8 Å². The van der Waals surface area contributed by atoms with Gasteiger partial charge in [0.05, 0.1) is 12.2 Å². The summed E-state index contributed by atoms with van der Waals surface area (Å²) < 4.78 is 6.88. The van der Waals surface area contributed by atoms with E-state index in [2.05, 4.69) is 28.2 Å². The molecule has 0 aromatic heterocycles. The molecule has 2 aromatic rings. The molecule has 1 unspecified atom stereocenters. The van der Waals surface area contributed by atoms with E-state index in [0.29, 0.717) is 6.54 Å². The summed E-state index contributed by atoms with van der Waals surface area (Å²) in [7, 11) is 0. The molecule has 4 nitrogen and oxygen atoms in total. The third kappa shape index (κ3) is 3.09. The summed E-state index contributed by atoms with van der Waals surface area (Å²) in [4.78, 5) is 14.4. The van der Waals surface area contributed by atoms with Gasteiger partial charge < -0.3 is 10.1 Å². The highest BCUT2D eigenvalue weighted by Gasteiger charge is 2.28. The second-order valence-corrected chi connectivity index (χ2v) is 6.08. The number of anilines is 2. The Hall–Kier alpha value is -2.01. The molecule has 0 saturated carbocycles. The average molecular weight is 361 g/mol. The summed E-state index contributed by atoms with van der Waals surface area (Å²) in [5, 5.41) is 2.93. The maximum absolute atomic E-state index is 12.6. The Morgan fingerprint density at radius 1 is 1.27 bits per heavy atom. The molecule has 1 N–H and O–H groups in total. The van der Waals surface area contributed by atoms with E-state index in [-0.39, 0.29) is 12.1 Å². The molecule has 1 aliphatic heterocycles. The quantitative estimate of drug-likeness (QED) is 0.845. The molecule has 1 atom stereocenters. The Balaban J connectivity index is 1.83. The topological polar surface area (TPSA) is 41.6 Å². The minimum atomic E-state index is -0.142. The van der Waals surface area contributed by atoms with E-state index < -0.39 is 0 Å². The number of nitrogens with one attached hydrogen (secondary N) is 1. The Bertz CT molecular complexity index is 673. The highest BCUT2D eigenvalue weighted by atomic mass is 79.9. The fourth-order valence-electron chi connectivity index (χ4n) is 2.43. The zero-order chi connectivity index (χ0) is 15.5. The van der Waals surface area contributed by atoms with Crippen molar-refractivity contribution in [3.63, 3.8) is 0 Å². The van der Waals surface area contributed by atoms with E-state index in [1.54, 1.807) is 4.90 Å². The lowest BCUT2D eigenvalue weighted by Crippen LogP contribution is -2.45. The number of carbonyl (C=O) groups is 1. The van der Waals surface area contributed by atoms with Crippen molar-refractivity contribution in [2.45, 2.75) is 19.4 Å². The molecule has 2 aromatic carbocycles. The van der Waals surface area contributed by atoms with Crippen LogP contribution < -0.4 is 15.0 Å². The van der Waals surface area contributed by atoms with Crippen molar-refractivity contribution >= 4 is 33.3 Å². The summed E-state index contributed by atoms with van der Waals surface area (Å²) in [6.07, 6.45) is 0.877. The van der Waals surface area contributed by atoms with Crippen molar-refractivity contribution < 1.29 is 9.53 Å². The minimum absolute atomic E-state index is 0.0190. The molecule has 22 heavy (non-hydrogen) atoms. The fourth-order valence-corrected chi connectivity index (χ4v) is 2.69. The van der Waals surface area contributed by atoms with Crippen LogP contribution in [-0.2, 0) is 0 Å². The van der Waals surface area contributed by atoms with Crippen molar-refractivity contribution in [3.05, 3.63) is 53.0 Å². The van der Waals surface area contributed by atoms with Crippen LogP contribution in [0.1, 0.15) is 13.3 Å². The number of nitrogens with zero attached hydrogens (tertiary/aromatic N) is 1. The SMILES string of the molecule is CCC1CN(C(=O)Nc2ccc(Br)cc2)c2ccccc2O1. The van der Waals surface area contributed by atoms with Gasteiger partial charge in [-0.1, -0.05) is 35.0 Å². The zero-order valence-electron chi connectivity index (χ0n) is 12.3. The fraction of sp³-hybridized carbons (Fsp3) is 0.235. The van der Waals surface area contributed by atoms with E-state index in [9.17, 15) is 4.79 Å². The molecule has 0 saturated heterocycles. The lowest BCUT2D eigenvalue weighted by molar-refractivity contribution is 0.188. The summed E-state index contributed by atoms with van der Waals surface area (Å²) in [6, 6.07) is 15.0. The summed E-state index contributed by atoms with van der Waals surface area (Å²) in [5.41, 5.74) is 1.58. The predicted molar refractivity (Wildman–Crippen MR) is 91.7 cm³/mol. The first kappa shape index (κ1) is 14.9. The maximum Gasteiger partial charge on any atom is 0.326 e. The van der Waals surface area contributed by atoms with Gasteiger partial charge in [0.2, 0.25) is 0 Å². The van der Waals surface area contributed by atoms with Crippen LogP contribution in [0.4, 0.5) is 16.2 Å². The lowest BCUT2D eigenvalue weighted by Gasteiger charge is -2.34. The highest BCUT2D eigenvalue weighted by molar-refractivity contribution is 9.10. The maximum atomic E-state index is 12.6. The average Bonchev–Trinajstić information content (AvgIpc) is 2.55. The van der Waals surface area contributed by atoms with Crippen LogP contribution in [0.2, 0.25) is 0 Å². The zero-order valence-corrected chi connectivity index (χ0v) is 13.8. The van der Waals surface area contributed by atoms with Crippen LogP contribution in [0.25, 0.3) is 0 Å². The molecule has 0 aliphatic carbocycles. The number of ether oxygens (including phenoxy) is 1. The van der Waals surface area contributed by atoms with Gasteiger partial charge in [0.1, 0.15) is 11.9 Å². The summed E-state index contributed by atoms with van der Waals surface area (Å²) in [5.74, 6) is 0.756. The second-order valence-electron chi connectivity index (χ2n) is 5.16. The second kappa shape index (κ2) is 6.40. The first-order chi connectivity index (χ1) is 10.7. The van der Waals surface area contributed by atoms with E-state index >= 15 is 0 Å². The van der Waals surface area contributed by atoms with E-state index in [1.165, 1.54) is 0 Å². The Morgan fingerprint density at radius 3 is 2.73 bits per heavy atom. The number of benzene rings is 2. The third-order valence-corrected chi connectivity index (χ3v) is 4.16. The van der Waals surface area contributed by atoms with Gasteiger partial charge in [-0.05, 0) is 42.8 Å². The first-order valence-electron chi connectivity index (χ1n) is 7.27. The van der Waals surface area contributed by atoms with Crippen LogP contribution in [-0.4, -0.2) is 18.7 Å². The van der Waals surface area contributed by atoms with Crippen molar-refractivity contribution in [2.24, 2.45) is 0 Å². The first-order valence-corrected chi connectivity index (χ1v) is 8.06. The molecule has 1 heterocycles. The number of para-hydroxylation sites is 2. The number of hydrogen-bond donors (Lipinski definition) is 1. The molecular formula is C17H17BrN2O2. The van der Waals surface area contributed by atoms with Gasteiger partial charge >= 0.3 is 6.03 Å². The molecule has 5 heteroatoms. The van der Waals surface area contributed by atoms with E-state index in [4.69, 9.17) is 4.74 Å². The number of fused-ring (bicyclic) bond motifs is 1. The van der Waals surface area contributed by atoms with Gasteiger partial charge in [-0.2, -0.15) is 0 Å². The van der Waals surface area contributed by atoms with Crippen LogP contribution in [0.15, 0.2) is 53.0 Å². The van der Waals surface area contributed by atoms with E-state index in [1.807, 2.05) is 48.5 Å². The number of hydrogen-bond acceptors (Lipinski definition) is 2. The molecular weight excluding hydrogens is 344 g/mol. The molecule has 1 aliphatic rings. The molecule has 0 bridgehead atoms. The number of carbonyl (C=O) groups excluding carboxylic acids is 1. The van der Waals surface area contributed by atoms with Gasteiger partial charge in [0, 0.05) is 10.2 Å². The molecule has 114 valence electrons. The van der Waals surface area contributed by atoms with Crippen LogP contribution >= 0.6 is 15.9 Å². The minimum Gasteiger partial charge on any atom is -0.486 e. The number of urea groups is 1. The van der Waals surface area contributed by atoms with Gasteiger partial charge in [0.25, 0.3) is 0 Å². The number of rotatable bonds is 2. The summed E-state index contributed by atoms with van der Waals surface area (Å²) in [6.45, 7) is 2.61. The number of amides is 2. The van der Waals surface area contributed by atoms with Crippen molar-refractivity contribution in [1.29, 1.82) is 0 Å². The van der Waals surface area contributed by atoms with Crippen LogP contribution in [0, 0.1) is 0 Å². The normalized spacial score (nSPS) is 16.6. The van der Waals surface area contributed by atoms with E-state index in [0.717, 1.165) is 28.0 Å². The van der Waals surface area contributed by atoms with Crippen molar-refractivity contribution in [3.8, 4) is 5.75 Å². The summed E-state index contributed by atoms with van der Waals surface area (Å²) >= 11 is 3.39. The Kier molecular flexibility index (Phi) is 4.34. The third-order valence-electron chi connectivity index (χ3n) is 3.63. The van der Waals surface area contributed by atoms with Gasteiger partial charge in [0.15, 0.2) is 0 Å². The predicted octanol–water partition coefficient (Wildman–Crippen LogP) is 4.66. The Labute approximate surface area is 138 Å². The molecule has 3 rings (SSSR count). The standard InChI is InChI=1S/C17H17BrN2O2/c1-2-14-11-20(15-5-3-4-6-16(15)22-14)17(21)19-13-9-7-12(18)8-10-13/h3-10,14H,2,11H2,1H3,(H,19,21). The van der Waals surface area contributed by atoms with Crippen LogP contribution in [0.5, 0.6) is 5.75 Å². The van der Waals surface area contributed by atoms with Gasteiger partial charge in [-0.3, -0.25) is 4.90 Å². The molecule has 2 amide bonds. The van der Waals surface area contributed by atoms with Gasteiger partial charge in [-0.25, -0.2) is 4.79 Å².